The Morgan fingerprint density at radius 2 is 1.73 bits per heavy atom. The monoisotopic (exact) mass is 294 g/mol. The van der Waals surface area contributed by atoms with Crippen LogP contribution in [0.1, 0.15) is 21.8 Å². The fourth-order valence-corrected chi connectivity index (χ4v) is 2.34. The van der Waals surface area contributed by atoms with Crippen LogP contribution in [0.5, 0.6) is 0 Å². The van der Waals surface area contributed by atoms with E-state index in [-0.39, 0.29) is 0 Å². The van der Waals surface area contributed by atoms with E-state index in [2.05, 4.69) is 10.1 Å². The number of nitrogens with zero attached hydrogens (tertiary/aromatic N) is 2. The van der Waals surface area contributed by atoms with Gasteiger partial charge in [0.1, 0.15) is 0 Å². The molecule has 5 nitrogen and oxygen atoms in total. The Labute approximate surface area is 127 Å². The summed E-state index contributed by atoms with van der Waals surface area (Å²) in [4.78, 5) is 15.2. The average Bonchev–Trinajstić information content (AvgIpc) is 2.94. The fourth-order valence-electron chi connectivity index (χ4n) is 2.34. The van der Waals surface area contributed by atoms with Crippen LogP contribution in [0.25, 0.3) is 22.5 Å². The van der Waals surface area contributed by atoms with Crippen molar-refractivity contribution in [2.24, 2.45) is 0 Å². The van der Waals surface area contributed by atoms with Gasteiger partial charge in [0.25, 0.3) is 0 Å². The second-order valence-electron chi connectivity index (χ2n) is 5.05. The van der Waals surface area contributed by atoms with E-state index >= 15 is 0 Å². The molecule has 0 unspecified atom stereocenters. The predicted molar refractivity (Wildman–Crippen MR) is 81.6 cm³/mol. The number of carboxylic acids is 1. The predicted octanol–water partition coefficient (Wildman–Crippen LogP) is 3.72. The first-order valence-corrected chi connectivity index (χ1v) is 6.79. The van der Waals surface area contributed by atoms with Crippen LogP contribution >= 0.6 is 0 Å². The molecule has 3 rings (SSSR count). The summed E-state index contributed by atoms with van der Waals surface area (Å²) < 4.78 is 4.97. The van der Waals surface area contributed by atoms with Crippen molar-refractivity contribution in [1.82, 2.24) is 10.1 Å². The van der Waals surface area contributed by atoms with Crippen molar-refractivity contribution in [2.45, 2.75) is 13.8 Å². The first kappa shape index (κ1) is 14.0. The summed E-state index contributed by atoms with van der Waals surface area (Å²) in [6, 6.07) is 12.9. The molecule has 0 aliphatic carbocycles. The van der Waals surface area contributed by atoms with E-state index in [4.69, 9.17) is 9.63 Å². The molecule has 110 valence electrons. The van der Waals surface area contributed by atoms with Gasteiger partial charge < -0.3 is 9.63 Å². The Kier molecular flexibility index (Phi) is 3.47. The van der Waals surface area contributed by atoms with Gasteiger partial charge in [-0.1, -0.05) is 35.5 Å². The van der Waals surface area contributed by atoms with Crippen LogP contribution in [0.15, 0.2) is 47.0 Å². The lowest BCUT2D eigenvalue weighted by Crippen LogP contribution is -1.97. The van der Waals surface area contributed by atoms with Gasteiger partial charge in [-0.05, 0) is 35.7 Å². The van der Waals surface area contributed by atoms with Gasteiger partial charge in [0.2, 0.25) is 11.7 Å². The summed E-state index contributed by atoms with van der Waals surface area (Å²) in [6.45, 7) is 3.65. The molecule has 1 aromatic heterocycles. The molecule has 3 aromatic rings. The minimum absolute atomic E-state index is 0.292. The molecule has 0 bridgehead atoms. The third-order valence-corrected chi connectivity index (χ3v) is 3.46. The Morgan fingerprint density at radius 1 is 1.05 bits per heavy atom. The van der Waals surface area contributed by atoms with Crippen LogP contribution < -0.4 is 0 Å². The Morgan fingerprint density at radius 3 is 2.27 bits per heavy atom. The van der Waals surface area contributed by atoms with E-state index in [0.29, 0.717) is 17.3 Å². The third kappa shape index (κ3) is 2.61. The molecule has 0 spiro atoms. The van der Waals surface area contributed by atoms with Gasteiger partial charge in [0.05, 0.1) is 5.56 Å². The van der Waals surface area contributed by atoms with Crippen LogP contribution in [0.4, 0.5) is 0 Å². The van der Waals surface area contributed by atoms with Gasteiger partial charge in [-0.3, -0.25) is 0 Å². The quantitative estimate of drug-likeness (QED) is 0.796. The summed E-state index contributed by atoms with van der Waals surface area (Å²) >= 11 is 0. The molecule has 0 atom stereocenters. The van der Waals surface area contributed by atoms with Crippen molar-refractivity contribution < 1.29 is 14.4 Å². The van der Waals surface area contributed by atoms with E-state index in [1.54, 1.807) is 19.1 Å². The van der Waals surface area contributed by atoms with Gasteiger partial charge in [-0.25, -0.2) is 4.79 Å². The van der Waals surface area contributed by atoms with Gasteiger partial charge in [-0.15, -0.1) is 0 Å². The molecule has 5 heteroatoms. The summed E-state index contributed by atoms with van der Waals surface area (Å²) in [5.74, 6) is 0.165. The second-order valence-corrected chi connectivity index (χ2v) is 5.05. The third-order valence-electron chi connectivity index (χ3n) is 3.46. The van der Waals surface area contributed by atoms with Crippen LogP contribution in [0.2, 0.25) is 0 Å². The highest BCUT2D eigenvalue weighted by atomic mass is 16.5. The number of hydrogen-bond donors (Lipinski definition) is 1. The largest absolute Gasteiger partial charge is 0.478 e. The fraction of sp³-hybridized carbons (Fsp3) is 0.118. The summed E-state index contributed by atoms with van der Waals surface area (Å²) in [7, 11) is 0. The maximum Gasteiger partial charge on any atom is 0.335 e. The van der Waals surface area contributed by atoms with Crippen molar-refractivity contribution in [2.75, 3.05) is 0 Å². The van der Waals surface area contributed by atoms with Crippen molar-refractivity contribution >= 4 is 5.97 Å². The number of aromatic nitrogens is 2. The maximum atomic E-state index is 11.0. The van der Waals surface area contributed by atoms with E-state index in [1.165, 1.54) is 0 Å². The van der Waals surface area contributed by atoms with Crippen molar-refractivity contribution in [3.05, 3.63) is 59.5 Å². The molecular formula is C17H14N2O3. The van der Waals surface area contributed by atoms with Gasteiger partial charge >= 0.3 is 5.97 Å². The van der Waals surface area contributed by atoms with Crippen molar-refractivity contribution in [3.8, 4) is 22.5 Å². The molecule has 0 fully saturated rings. The normalized spacial score (nSPS) is 10.6. The highest BCUT2D eigenvalue weighted by Crippen LogP contribution is 2.26. The summed E-state index contributed by atoms with van der Waals surface area (Å²) in [5.41, 5.74) is 4.10. The molecule has 1 N–H and O–H groups in total. The molecular weight excluding hydrogens is 280 g/mol. The zero-order valence-electron chi connectivity index (χ0n) is 12.2. The Bertz CT molecular complexity index is 835. The molecule has 0 aliphatic heterocycles. The lowest BCUT2D eigenvalue weighted by molar-refractivity contribution is 0.0697. The number of carbonyl (C=O) groups is 1. The highest BCUT2D eigenvalue weighted by molar-refractivity contribution is 5.89. The van der Waals surface area contributed by atoms with Gasteiger partial charge in [0, 0.05) is 12.5 Å². The van der Waals surface area contributed by atoms with E-state index in [1.807, 2.05) is 37.3 Å². The van der Waals surface area contributed by atoms with Gasteiger partial charge in [-0.2, -0.15) is 4.98 Å². The Balaban J connectivity index is 1.94. The second kappa shape index (κ2) is 5.44. The number of rotatable bonds is 3. The SMILES string of the molecule is Cc1nc(-c2ccc(-c3ccc(C(=O)O)cc3C)cc2)no1. The lowest BCUT2D eigenvalue weighted by Gasteiger charge is -2.07. The summed E-state index contributed by atoms with van der Waals surface area (Å²) in [5, 5.41) is 12.9. The molecule has 0 radical (unpaired) electrons. The molecule has 0 aliphatic rings. The van der Waals surface area contributed by atoms with Crippen molar-refractivity contribution in [1.29, 1.82) is 0 Å². The molecule has 22 heavy (non-hydrogen) atoms. The maximum absolute atomic E-state index is 11.0. The topological polar surface area (TPSA) is 76.2 Å². The lowest BCUT2D eigenvalue weighted by atomic mass is 9.97. The van der Waals surface area contributed by atoms with E-state index in [0.717, 1.165) is 22.3 Å². The number of benzene rings is 2. The molecule has 0 saturated carbocycles. The minimum atomic E-state index is -0.919. The van der Waals surface area contributed by atoms with Crippen LogP contribution in [-0.4, -0.2) is 21.2 Å². The van der Waals surface area contributed by atoms with E-state index in [9.17, 15) is 4.79 Å². The Hall–Kier alpha value is -2.95. The molecule has 1 heterocycles. The zero-order chi connectivity index (χ0) is 15.7. The molecule has 0 saturated heterocycles. The van der Waals surface area contributed by atoms with E-state index < -0.39 is 5.97 Å². The first-order valence-electron chi connectivity index (χ1n) is 6.79. The number of aromatic carboxylic acids is 1. The molecule has 2 aromatic carbocycles. The summed E-state index contributed by atoms with van der Waals surface area (Å²) in [6.07, 6.45) is 0. The number of carboxylic acid groups (broad SMARTS) is 1. The number of hydrogen-bond acceptors (Lipinski definition) is 4. The van der Waals surface area contributed by atoms with Crippen LogP contribution in [0, 0.1) is 13.8 Å². The standard InChI is InChI=1S/C17H14N2O3/c1-10-9-14(17(20)21)7-8-15(10)12-3-5-13(6-4-12)16-18-11(2)22-19-16/h3-9H,1-2H3,(H,20,21). The molecule has 0 amide bonds. The minimum Gasteiger partial charge on any atom is -0.478 e. The van der Waals surface area contributed by atoms with Crippen LogP contribution in [0.3, 0.4) is 0 Å². The van der Waals surface area contributed by atoms with Gasteiger partial charge in [0.15, 0.2) is 0 Å². The zero-order valence-corrected chi connectivity index (χ0v) is 12.2. The first-order chi connectivity index (χ1) is 10.5. The van der Waals surface area contributed by atoms with Crippen LogP contribution in [-0.2, 0) is 0 Å². The number of aryl methyl sites for hydroxylation is 2. The highest BCUT2D eigenvalue weighted by Gasteiger charge is 2.09. The smallest absolute Gasteiger partial charge is 0.335 e. The van der Waals surface area contributed by atoms with Crippen molar-refractivity contribution in [3.63, 3.8) is 0 Å². The average molecular weight is 294 g/mol.